The zero-order valence-electron chi connectivity index (χ0n) is 14.2. The second-order valence-electron chi connectivity index (χ2n) is 5.64. The third-order valence-corrected chi connectivity index (χ3v) is 5.21. The molecular weight excluding hydrogens is 378 g/mol. The van der Waals surface area contributed by atoms with Crippen LogP contribution in [0.15, 0.2) is 53.4 Å². The average molecular weight is 396 g/mol. The molecule has 0 radical (unpaired) electrons. The van der Waals surface area contributed by atoms with E-state index < -0.39 is 34.4 Å². The van der Waals surface area contributed by atoms with Crippen molar-refractivity contribution in [2.45, 2.75) is 24.8 Å². The number of ether oxygens (including phenoxy) is 1. The van der Waals surface area contributed by atoms with Gasteiger partial charge < -0.3 is 4.74 Å². The molecule has 1 N–H and O–H groups in total. The SMILES string of the molecule is Cc1ccc(S(=O)(=O)NCC(=O)O[C@@H](C)C(=O)c2ccc(Cl)cc2)cc1. The van der Waals surface area contributed by atoms with Crippen molar-refractivity contribution in [1.82, 2.24) is 4.72 Å². The van der Waals surface area contributed by atoms with Crippen LogP contribution in [0.4, 0.5) is 0 Å². The number of rotatable bonds is 7. The van der Waals surface area contributed by atoms with E-state index in [4.69, 9.17) is 16.3 Å². The number of hydrogen-bond donors (Lipinski definition) is 1. The van der Waals surface area contributed by atoms with E-state index in [1.807, 2.05) is 6.92 Å². The van der Waals surface area contributed by atoms with Crippen LogP contribution in [0.5, 0.6) is 0 Å². The fraction of sp³-hybridized carbons (Fsp3) is 0.222. The van der Waals surface area contributed by atoms with Gasteiger partial charge in [-0.3, -0.25) is 9.59 Å². The fourth-order valence-electron chi connectivity index (χ4n) is 2.10. The number of carbonyl (C=O) groups is 2. The number of esters is 1. The summed E-state index contributed by atoms with van der Waals surface area (Å²) in [5.74, 6) is -1.26. The number of hydrogen-bond acceptors (Lipinski definition) is 5. The highest BCUT2D eigenvalue weighted by Gasteiger charge is 2.21. The number of halogens is 1. The Labute approximate surface area is 157 Å². The molecule has 2 aromatic carbocycles. The van der Waals surface area contributed by atoms with Crippen molar-refractivity contribution >= 4 is 33.4 Å². The summed E-state index contributed by atoms with van der Waals surface area (Å²) in [7, 11) is -3.84. The standard InChI is InChI=1S/C18H18ClNO5S/c1-12-3-9-16(10-4-12)26(23,24)20-11-17(21)25-13(2)18(22)14-5-7-15(19)8-6-14/h3-10,13,20H,11H2,1-2H3/t13-/m0/s1. The van der Waals surface area contributed by atoms with Gasteiger partial charge in [0.1, 0.15) is 6.54 Å². The van der Waals surface area contributed by atoms with Gasteiger partial charge in [-0.05, 0) is 50.2 Å². The first-order chi connectivity index (χ1) is 12.2. The Balaban J connectivity index is 1.92. The van der Waals surface area contributed by atoms with Gasteiger partial charge in [0.2, 0.25) is 15.8 Å². The summed E-state index contributed by atoms with van der Waals surface area (Å²) in [5.41, 5.74) is 1.26. The predicted octanol–water partition coefficient (Wildman–Crippen LogP) is 2.74. The number of sulfonamides is 1. The van der Waals surface area contributed by atoms with E-state index in [1.165, 1.54) is 31.2 Å². The minimum Gasteiger partial charge on any atom is -0.453 e. The summed E-state index contributed by atoms with van der Waals surface area (Å²) in [6, 6.07) is 12.3. The van der Waals surface area contributed by atoms with E-state index in [-0.39, 0.29) is 4.90 Å². The maximum atomic E-state index is 12.2. The first-order valence-electron chi connectivity index (χ1n) is 7.74. The molecule has 138 valence electrons. The normalized spacial score (nSPS) is 12.4. The van der Waals surface area contributed by atoms with Crippen molar-refractivity contribution in [2.75, 3.05) is 6.54 Å². The predicted molar refractivity (Wildman–Crippen MR) is 97.7 cm³/mol. The molecule has 26 heavy (non-hydrogen) atoms. The van der Waals surface area contributed by atoms with Gasteiger partial charge in [-0.1, -0.05) is 29.3 Å². The molecule has 0 fully saturated rings. The van der Waals surface area contributed by atoms with E-state index >= 15 is 0 Å². The Morgan fingerprint density at radius 3 is 2.23 bits per heavy atom. The minimum atomic E-state index is -3.84. The van der Waals surface area contributed by atoms with Gasteiger partial charge in [0, 0.05) is 10.6 Å². The van der Waals surface area contributed by atoms with Gasteiger partial charge in [0.05, 0.1) is 4.90 Å². The maximum Gasteiger partial charge on any atom is 0.321 e. The minimum absolute atomic E-state index is 0.0428. The van der Waals surface area contributed by atoms with Gasteiger partial charge >= 0.3 is 5.97 Å². The molecule has 0 heterocycles. The number of carbonyl (C=O) groups excluding carboxylic acids is 2. The number of Topliss-reactive ketones (excluding diaryl/α,β-unsaturated/α-hetero) is 1. The third-order valence-electron chi connectivity index (χ3n) is 3.54. The summed E-state index contributed by atoms with van der Waals surface area (Å²) < 4.78 is 31.4. The lowest BCUT2D eigenvalue weighted by molar-refractivity contribution is -0.144. The van der Waals surface area contributed by atoms with Crippen LogP contribution >= 0.6 is 11.6 Å². The van der Waals surface area contributed by atoms with Crippen LogP contribution in [0.1, 0.15) is 22.8 Å². The van der Waals surface area contributed by atoms with E-state index in [0.717, 1.165) is 5.56 Å². The van der Waals surface area contributed by atoms with E-state index in [9.17, 15) is 18.0 Å². The summed E-state index contributed by atoms with van der Waals surface area (Å²) in [5, 5.41) is 0.483. The first kappa shape index (κ1) is 20.1. The molecule has 0 unspecified atom stereocenters. The van der Waals surface area contributed by atoms with Gasteiger partial charge in [-0.25, -0.2) is 8.42 Å². The smallest absolute Gasteiger partial charge is 0.321 e. The van der Waals surface area contributed by atoms with Crippen LogP contribution in [0.2, 0.25) is 5.02 Å². The molecule has 2 rings (SSSR count). The molecule has 0 aliphatic rings. The highest BCUT2D eigenvalue weighted by Crippen LogP contribution is 2.13. The van der Waals surface area contributed by atoms with Crippen molar-refractivity contribution < 1.29 is 22.7 Å². The van der Waals surface area contributed by atoms with Crippen molar-refractivity contribution in [3.05, 3.63) is 64.7 Å². The Morgan fingerprint density at radius 1 is 1.08 bits per heavy atom. The first-order valence-corrected chi connectivity index (χ1v) is 9.61. The topological polar surface area (TPSA) is 89.5 Å². The Kier molecular flexibility index (Phi) is 6.52. The zero-order valence-corrected chi connectivity index (χ0v) is 15.8. The molecule has 0 aliphatic heterocycles. The number of nitrogens with one attached hydrogen (secondary N) is 1. The molecule has 2 aromatic rings. The van der Waals surface area contributed by atoms with Gasteiger partial charge in [-0.2, -0.15) is 4.72 Å². The Hall–Kier alpha value is -2.22. The third kappa shape index (κ3) is 5.39. The van der Waals surface area contributed by atoms with Crippen LogP contribution in [0, 0.1) is 6.92 Å². The van der Waals surface area contributed by atoms with Crippen LogP contribution in [-0.2, 0) is 19.6 Å². The fourth-order valence-corrected chi connectivity index (χ4v) is 3.19. The van der Waals surface area contributed by atoms with Crippen LogP contribution < -0.4 is 4.72 Å². The average Bonchev–Trinajstić information content (AvgIpc) is 2.60. The number of benzene rings is 2. The molecule has 6 nitrogen and oxygen atoms in total. The van der Waals surface area contributed by atoms with Crippen molar-refractivity contribution in [2.24, 2.45) is 0 Å². The van der Waals surface area contributed by atoms with Crippen molar-refractivity contribution in [1.29, 1.82) is 0 Å². The van der Waals surface area contributed by atoms with E-state index in [2.05, 4.69) is 4.72 Å². The molecule has 0 spiro atoms. The zero-order chi connectivity index (χ0) is 19.3. The molecule has 0 saturated heterocycles. The van der Waals surface area contributed by atoms with Crippen LogP contribution in [-0.4, -0.2) is 32.8 Å². The maximum absolute atomic E-state index is 12.2. The number of aryl methyl sites for hydroxylation is 1. The Bertz CT molecular complexity index is 892. The Morgan fingerprint density at radius 2 is 1.65 bits per heavy atom. The summed E-state index contributed by atoms with van der Waals surface area (Å²) in [6.07, 6.45) is -1.05. The summed E-state index contributed by atoms with van der Waals surface area (Å²) >= 11 is 5.76. The largest absolute Gasteiger partial charge is 0.453 e. The lowest BCUT2D eigenvalue weighted by Crippen LogP contribution is -2.34. The molecule has 0 saturated carbocycles. The highest BCUT2D eigenvalue weighted by molar-refractivity contribution is 7.89. The molecule has 0 aromatic heterocycles. The van der Waals surface area contributed by atoms with Gasteiger partial charge in [0.15, 0.2) is 6.10 Å². The van der Waals surface area contributed by atoms with E-state index in [1.54, 1.807) is 24.3 Å². The second kappa shape index (κ2) is 8.44. The quantitative estimate of drug-likeness (QED) is 0.575. The van der Waals surface area contributed by atoms with Gasteiger partial charge in [-0.15, -0.1) is 0 Å². The molecule has 8 heteroatoms. The lowest BCUT2D eigenvalue weighted by atomic mass is 10.1. The summed E-state index contributed by atoms with van der Waals surface area (Å²) in [6.45, 7) is 2.68. The lowest BCUT2D eigenvalue weighted by Gasteiger charge is -2.13. The van der Waals surface area contributed by atoms with E-state index in [0.29, 0.717) is 10.6 Å². The molecular formula is C18H18ClNO5S. The summed E-state index contributed by atoms with van der Waals surface area (Å²) in [4.78, 5) is 24.1. The van der Waals surface area contributed by atoms with Crippen molar-refractivity contribution in [3.8, 4) is 0 Å². The molecule has 0 bridgehead atoms. The molecule has 1 atom stereocenters. The molecule has 0 amide bonds. The second-order valence-corrected chi connectivity index (χ2v) is 7.84. The van der Waals surface area contributed by atoms with Crippen LogP contribution in [0.25, 0.3) is 0 Å². The molecule has 0 aliphatic carbocycles. The monoisotopic (exact) mass is 395 g/mol. The van der Waals surface area contributed by atoms with Crippen LogP contribution in [0.3, 0.4) is 0 Å². The number of ketones is 1. The van der Waals surface area contributed by atoms with Crippen molar-refractivity contribution in [3.63, 3.8) is 0 Å². The highest BCUT2D eigenvalue weighted by atomic mass is 35.5. The van der Waals surface area contributed by atoms with Gasteiger partial charge in [0.25, 0.3) is 0 Å².